The van der Waals surface area contributed by atoms with Gasteiger partial charge in [0.1, 0.15) is 11.4 Å². The van der Waals surface area contributed by atoms with Crippen LogP contribution >= 0.6 is 11.3 Å². The molecule has 0 aliphatic carbocycles. The number of hydrogen-bond donors (Lipinski definition) is 2. The molecular formula is C25H26N2O4S. The van der Waals surface area contributed by atoms with Gasteiger partial charge in [0.05, 0.1) is 6.61 Å². The lowest BCUT2D eigenvalue weighted by Crippen LogP contribution is -2.32. The number of thiophene rings is 1. The van der Waals surface area contributed by atoms with E-state index in [9.17, 15) is 9.59 Å². The first-order valence-corrected chi connectivity index (χ1v) is 11.4. The third kappa shape index (κ3) is 5.29. The molecule has 0 unspecified atom stereocenters. The van der Waals surface area contributed by atoms with Crippen molar-refractivity contribution in [3.8, 4) is 16.2 Å². The summed E-state index contributed by atoms with van der Waals surface area (Å²) < 4.78 is 11.1. The second kappa shape index (κ2) is 9.04. The number of fused-ring (bicyclic) bond motifs is 3. The summed E-state index contributed by atoms with van der Waals surface area (Å²) in [6, 6.07) is 15.0. The molecule has 4 rings (SSSR count). The fourth-order valence-electron chi connectivity index (χ4n) is 3.41. The zero-order valence-corrected chi connectivity index (χ0v) is 19.2. The Morgan fingerprint density at radius 2 is 1.88 bits per heavy atom. The Balaban J connectivity index is 1.40. The van der Waals surface area contributed by atoms with Gasteiger partial charge < -0.3 is 20.1 Å². The van der Waals surface area contributed by atoms with Gasteiger partial charge in [0.15, 0.2) is 0 Å². The Morgan fingerprint density at radius 3 is 2.62 bits per heavy atom. The van der Waals surface area contributed by atoms with Crippen molar-refractivity contribution in [3.63, 3.8) is 0 Å². The van der Waals surface area contributed by atoms with Crippen LogP contribution in [-0.2, 0) is 17.7 Å². The van der Waals surface area contributed by atoms with Gasteiger partial charge in [0, 0.05) is 34.7 Å². The van der Waals surface area contributed by atoms with E-state index in [-0.39, 0.29) is 5.91 Å². The molecule has 2 amide bonds. The standard InChI is InChI=1S/C25H26N2O4S/c1-25(2,3)31-24(29)26-15-16-4-7-19(8-5-16)27-23(28)18-6-9-21-20(14-18)22-17(10-12-30-21)11-13-32-22/h4-9,11,13-14H,10,12,15H2,1-3H3,(H,26,29)(H,27,28). The first-order chi connectivity index (χ1) is 15.3. The lowest BCUT2D eigenvalue weighted by Gasteiger charge is -2.19. The minimum absolute atomic E-state index is 0.185. The number of hydrogen-bond acceptors (Lipinski definition) is 5. The molecule has 2 N–H and O–H groups in total. The van der Waals surface area contributed by atoms with Crippen LogP contribution in [0.3, 0.4) is 0 Å². The molecule has 0 atom stereocenters. The van der Waals surface area contributed by atoms with E-state index in [1.165, 1.54) is 5.56 Å². The summed E-state index contributed by atoms with van der Waals surface area (Å²) in [6.45, 7) is 6.44. The smallest absolute Gasteiger partial charge is 0.407 e. The maximum atomic E-state index is 12.8. The van der Waals surface area contributed by atoms with Crippen molar-refractivity contribution < 1.29 is 19.1 Å². The van der Waals surface area contributed by atoms with Crippen LogP contribution in [0.15, 0.2) is 53.9 Å². The minimum atomic E-state index is -0.536. The van der Waals surface area contributed by atoms with Crippen molar-refractivity contribution in [1.82, 2.24) is 5.32 Å². The summed E-state index contributed by atoms with van der Waals surface area (Å²) in [4.78, 5) is 25.8. The second-order valence-corrected chi connectivity index (χ2v) is 9.51. The van der Waals surface area contributed by atoms with Crippen molar-refractivity contribution in [1.29, 1.82) is 0 Å². The zero-order valence-electron chi connectivity index (χ0n) is 18.4. The van der Waals surface area contributed by atoms with Crippen LogP contribution in [0.5, 0.6) is 5.75 Å². The minimum Gasteiger partial charge on any atom is -0.493 e. The van der Waals surface area contributed by atoms with Crippen LogP contribution in [0, 0.1) is 0 Å². The quantitative estimate of drug-likeness (QED) is 0.540. The van der Waals surface area contributed by atoms with Gasteiger partial charge in [-0.15, -0.1) is 11.3 Å². The van der Waals surface area contributed by atoms with Crippen LogP contribution < -0.4 is 15.4 Å². The summed E-state index contributed by atoms with van der Waals surface area (Å²) in [5.41, 5.74) is 3.83. The summed E-state index contributed by atoms with van der Waals surface area (Å²) in [5.74, 6) is 0.624. The van der Waals surface area contributed by atoms with E-state index >= 15 is 0 Å². The average molecular weight is 451 g/mol. The fraction of sp³-hybridized carbons (Fsp3) is 0.280. The number of amides is 2. The molecule has 0 radical (unpaired) electrons. The van der Waals surface area contributed by atoms with Gasteiger partial charge in [-0.2, -0.15) is 0 Å². The molecule has 2 heterocycles. The van der Waals surface area contributed by atoms with E-state index in [2.05, 4.69) is 22.1 Å². The molecule has 166 valence electrons. The largest absolute Gasteiger partial charge is 0.493 e. The lowest BCUT2D eigenvalue weighted by molar-refractivity contribution is 0.0523. The van der Waals surface area contributed by atoms with Gasteiger partial charge in [0.2, 0.25) is 0 Å². The molecule has 32 heavy (non-hydrogen) atoms. The van der Waals surface area contributed by atoms with Gasteiger partial charge >= 0.3 is 6.09 Å². The van der Waals surface area contributed by atoms with Crippen molar-refractivity contribution in [2.45, 2.75) is 39.3 Å². The summed E-state index contributed by atoms with van der Waals surface area (Å²) in [6.07, 6.45) is 0.403. The van der Waals surface area contributed by atoms with E-state index in [1.54, 1.807) is 17.4 Å². The number of carbonyl (C=O) groups is 2. The van der Waals surface area contributed by atoms with E-state index in [0.717, 1.165) is 28.2 Å². The summed E-state index contributed by atoms with van der Waals surface area (Å²) in [5, 5.41) is 7.73. The number of nitrogens with one attached hydrogen (secondary N) is 2. The second-order valence-electron chi connectivity index (χ2n) is 8.59. The number of alkyl carbamates (subject to hydrolysis) is 1. The van der Waals surface area contributed by atoms with Crippen LogP contribution in [0.25, 0.3) is 10.4 Å². The highest BCUT2D eigenvalue weighted by atomic mass is 32.1. The molecule has 0 bridgehead atoms. The zero-order chi connectivity index (χ0) is 22.7. The van der Waals surface area contributed by atoms with Crippen molar-refractivity contribution in [2.24, 2.45) is 0 Å². The molecule has 1 aromatic heterocycles. The number of carbonyl (C=O) groups excluding carboxylic acids is 2. The number of anilines is 1. The van der Waals surface area contributed by atoms with E-state index < -0.39 is 11.7 Å². The Bertz CT molecular complexity index is 1130. The predicted octanol–water partition coefficient (Wildman–Crippen LogP) is 5.63. The van der Waals surface area contributed by atoms with E-state index in [1.807, 2.05) is 57.2 Å². The van der Waals surface area contributed by atoms with Gasteiger partial charge in [-0.05, 0) is 73.7 Å². The van der Waals surface area contributed by atoms with Gasteiger partial charge in [-0.3, -0.25) is 4.79 Å². The first kappa shape index (κ1) is 21.9. The van der Waals surface area contributed by atoms with Crippen LogP contribution in [0.2, 0.25) is 0 Å². The first-order valence-electron chi connectivity index (χ1n) is 10.5. The normalized spacial score (nSPS) is 12.6. The number of ether oxygens (including phenoxy) is 2. The third-order valence-electron chi connectivity index (χ3n) is 4.91. The Morgan fingerprint density at radius 1 is 1.09 bits per heavy atom. The van der Waals surface area contributed by atoms with E-state index in [0.29, 0.717) is 24.4 Å². The van der Waals surface area contributed by atoms with Crippen molar-refractivity contribution >= 4 is 29.0 Å². The highest BCUT2D eigenvalue weighted by Crippen LogP contribution is 2.39. The molecular weight excluding hydrogens is 424 g/mol. The van der Waals surface area contributed by atoms with Crippen molar-refractivity contribution in [3.05, 3.63) is 70.6 Å². The number of benzene rings is 2. The van der Waals surface area contributed by atoms with Gasteiger partial charge in [-0.25, -0.2) is 4.79 Å². The Hall–Kier alpha value is -3.32. The monoisotopic (exact) mass is 450 g/mol. The summed E-state index contributed by atoms with van der Waals surface area (Å²) in [7, 11) is 0. The fourth-order valence-corrected chi connectivity index (χ4v) is 4.39. The molecule has 2 aromatic carbocycles. The highest BCUT2D eigenvalue weighted by molar-refractivity contribution is 7.13. The molecule has 6 nitrogen and oxygen atoms in total. The SMILES string of the molecule is CC(C)(C)OC(=O)NCc1ccc(NC(=O)c2ccc3c(c2)-c2sccc2CCO3)cc1. The Labute approximate surface area is 191 Å². The molecule has 7 heteroatoms. The highest BCUT2D eigenvalue weighted by Gasteiger charge is 2.19. The van der Waals surface area contributed by atoms with Crippen molar-refractivity contribution in [2.75, 3.05) is 11.9 Å². The molecule has 1 aliphatic rings. The van der Waals surface area contributed by atoms with Gasteiger partial charge in [-0.1, -0.05) is 12.1 Å². The molecule has 0 saturated heterocycles. The molecule has 0 spiro atoms. The predicted molar refractivity (Wildman–Crippen MR) is 126 cm³/mol. The maximum Gasteiger partial charge on any atom is 0.407 e. The molecule has 0 saturated carbocycles. The van der Waals surface area contributed by atoms with Crippen LogP contribution in [0.1, 0.15) is 42.3 Å². The lowest BCUT2D eigenvalue weighted by atomic mass is 10.0. The molecule has 0 fully saturated rings. The molecule has 1 aliphatic heterocycles. The van der Waals surface area contributed by atoms with E-state index in [4.69, 9.17) is 9.47 Å². The van der Waals surface area contributed by atoms with Crippen LogP contribution in [-0.4, -0.2) is 24.2 Å². The van der Waals surface area contributed by atoms with Crippen LogP contribution in [0.4, 0.5) is 10.5 Å². The average Bonchev–Trinajstić information content (AvgIpc) is 3.13. The topological polar surface area (TPSA) is 76.7 Å². The molecule has 3 aromatic rings. The summed E-state index contributed by atoms with van der Waals surface area (Å²) >= 11 is 1.67. The van der Waals surface area contributed by atoms with Gasteiger partial charge in [0.25, 0.3) is 5.91 Å². The number of rotatable bonds is 4. The Kier molecular flexibility index (Phi) is 6.19. The maximum absolute atomic E-state index is 12.8. The third-order valence-corrected chi connectivity index (χ3v) is 5.90.